The van der Waals surface area contributed by atoms with Crippen LogP contribution in [0.1, 0.15) is 46.1 Å². The van der Waals surface area contributed by atoms with Gasteiger partial charge in [0.1, 0.15) is 6.04 Å². The second kappa shape index (κ2) is 12.0. The Bertz CT molecular complexity index is 1080. The summed E-state index contributed by atoms with van der Waals surface area (Å²) in [6.45, 7) is 7.84. The first-order valence-corrected chi connectivity index (χ1v) is 13.4. The van der Waals surface area contributed by atoms with Crippen LogP contribution in [0.15, 0.2) is 64.0 Å². The normalized spacial score (nSPS) is 12.9. The van der Waals surface area contributed by atoms with Crippen molar-refractivity contribution < 1.29 is 18.0 Å². The topological polar surface area (TPSA) is 86.8 Å². The van der Waals surface area contributed by atoms with Crippen molar-refractivity contribution in [2.75, 3.05) is 13.6 Å². The van der Waals surface area contributed by atoms with Gasteiger partial charge in [0.25, 0.3) is 0 Å². The van der Waals surface area contributed by atoms with Crippen LogP contribution in [0.5, 0.6) is 0 Å². The van der Waals surface area contributed by atoms with Gasteiger partial charge in [0.15, 0.2) is 0 Å². The molecule has 0 fully saturated rings. The monoisotopic (exact) mass is 551 g/mol. The summed E-state index contributed by atoms with van der Waals surface area (Å²) >= 11 is 3.45. The SMILES string of the molecule is CC(C(=O)NC(C)(C)C)N(Cc1cccc(Br)c1)C(=O)CCCN(C)S(=O)(=O)c1ccccc1. The van der Waals surface area contributed by atoms with Crippen molar-refractivity contribution >= 4 is 37.8 Å². The fourth-order valence-corrected chi connectivity index (χ4v) is 5.05. The Labute approximate surface area is 211 Å². The lowest BCUT2D eigenvalue weighted by molar-refractivity contribution is -0.141. The Kier molecular flexibility index (Phi) is 9.84. The fourth-order valence-electron chi connectivity index (χ4n) is 3.38. The van der Waals surface area contributed by atoms with E-state index in [1.807, 2.05) is 45.0 Å². The maximum Gasteiger partial charge on any atom is 0.242 e. The number of sulfonamides is 1. The highest BCUT2D eigenvalue weighted by Gasteiger charge is 2.28. The first-order chi connectivity index (χ1) is 15.8. The number of hydrogen-bond acceptors (Lipinski definition) is 4. The molecule has 0 spiro atoms. The largest absolute Gasteiger partial charge is 0.350 e. The third kappa shape index (κ3) is 8.21. The van der Waals surface area contributed by atoms with Crippen molar-refractivity contribution in [2.24, 2.45) is 0 Å². The van der Waals surface area contributed by atoms with Crippen molar-refractivity contribution in [3.63, 3.8) is 0 Å². The van der Waals surface area contributed by atoms with E-state index >= 15 is 0 Å². The van der Waals surface area contributed by atoms with Crippen molar-refractivity contribution in [1.82, 2.24) is 14.5 Å². The molecule has 186 valence electrons. The molecule has 7 nitrogen and oxygen atoms in total. The third-order valence-electron chi connectivity index (χ3n) is 5.22. The van der Waals surface area contributed by atoms with Gasteiger partial charge in [-0.3, -0.25) is 9.59 Å². The Morgan fingerprint density at radius 2 is 1.71 bits per heavy atom. The zero-order valence-electron chi connectivity index (χ0n) is 20.4. The Morgan fingerprint density at radius 3 is 2.29 bits per heavy atom. The lowest BCUT2D eigenvalue weighted by Gasteiger charge is -2.31. The molecule has 0 aromatic heterocycles. The standard InChI is InChI=1S/C25H34BrN3O4S/c1-19(24(31)27-25(2,3)4)29(18-20-11-9-12-21(26)17-20)23(30)15-10-16-28(5)34(32,33)22-13-7-6-8-14-22/h6-9,11-14,17,19H,10,15-16,18H2,1-5H3,(H,27,31). The van der Waals surface area contributed by atoms with Gasteiger partial charge in [0, 0.05) is 36.6 Å². The van der Waals surface area contributed by atoms with Crippen LogP contribution in [0.2, 0.25) is 0 Å². The van der Waals surface area contributed by atoms with Crippen molar-refractivity contribution in [2.45, 2.75) is 63.6 Å². The molecule has 2 amide bonds. The van der Waals surface area contributed by atoms with Crippen LogP contribution < -0.4 is 5.32 Å². The highest BCUT2D eigenvalue weighted by Crippen LogP contribution is 2.18. The van der Waals surface area contributed by atoms with Gasteiger partial charge in [0.2, 0.25) is 21.8 Å². The zero-order valence-corrected chi connectivity index (χ0v) is 22.8. The minimum absolute atomic E-state index is 0.121. The molecule has 1 N–H and O–H groups in total. The molecule has 0 saturated carbocycles. The van der Waals surface area contributed by atoms with Crippen LogP contribution in [-0.4, -0.2) is 54.6 Å². The minimum Gasteiger partial charge on any atom is -0.350 e. The maximum absolute atomic E-state index is 13.2. The Hall–Kier alpha value is -2.23. The van der Waals surface area contributed by atoms with Gasteiger partial charge in [-0.1, -0.05) is 46.3 Å². The van der Waals surface area contributed by atoms with Gasteiger partial charge < -0.3 is 10.2 Å². The summed E-state index contributed by atoms with van der Waals surface area (Å²) in [4.78, 5) is 27.8. The predicted molar refractivity (Wildman–Crippen MR) is 138 cm³/mol. The van der Waals surface area contributed by atoms with Crippen LogP contribution >= 0.6 is 15.9 Å². The number of nitrogens with zero attached hydrogens (tertiary/aromatic N) is 2. The van der Waals surface area contributed by atoms with Crippen molar-refractivity contribution in [1.29, 1.82) is 0 Å². The molecule has 9 heteroatoms. The third-order valence-corrected chi connectivity index (χ3v) is 7.59. The molecule has 0 saturated heterocycles. The molecule has 0 bridgehead atoms. The summed E-state index contributed by atoms with van der Waals surface area (Å²) in [5.41, 5.74) is 0.464. The summed E-state index contributed by atoms with van der Waals surface area (Å²) in [5, 5.41) is 2.93. The number of carbonyl (C=O) groups excluding carboxylic acids is 2. The van der Waals surface area contributed by atoms with E-state index in [-0.39, 0.29) is 36.2 Å². The first kappa shape index (κ1) is 28.0. The van der Waals surface area contributed by atoms with E-state index in [1.54, 1.807) is 42.2 Å². The summed E-state index contributed by atoms with van der Waals surface area (Å²) in [6.07, 6.45) is 0.458. The van der Waals surface area contributed by atoms with Gasteiger partial charge in [-0.2, -0.15) is 0 Å². The van der Waals surface area contributed by atoms with E-state index in [9.17, 15) is 18.0 Å². The molecule has 2 aromatic carbocycles. The van der Waals surface area contributed by atoms with Crippen LogP contribution in [-0.2, 0) is 26.2 Å². The van der Waals surface area contributed by atoms with Crippen LogP contribution in [0.4, 0.5) is 0 Å². The molecule has 2 aromatic rings. The van der Waals surface area contributed by atoms with E-state index in [2.05, 4.69) is 21.2 Å². The molecule has 1 atom stereocenters. The molecule has 2 rings (SSSR count). The maximum atomic E-state index is 13.2. The molecule has 0 aliphatic heterocycles. The van der Waals surface area contributed by atoms with Crippen LogP contribution in [0.3, 0.4) is 0 Å². The molecule has 0 aliphatic carbocycles. The lowest BCUT2D eigenvalue weighted by atomic mass is 10.1. The number of halogens is 1. The van der Waals surface area contributed by atoms with Gasteiger partial charge in [-0.05, 0) is 63.9 Å². The first-order valence-electron chi connectivity index (χ1n) is 11.2. The highest BCUT2D eigenvalue weighted by molar-refractivity contribution is 9.10. The molecule has 34 heavy (non-hydrogen) atoms. The molecule has 0 aliphatic rings. The Morgan fingerprint density at radius 1 is 1.06 bits per heavy atom. The minimum atomic E-state index is -3.62. The zero-order chi connectivity index (χ0) is 25.5. The van der Waals surface area contributed by atoms with Crippen molar-refractivity contribution in [3.8, 4) is 0 Å². The quantitative estimate of drug-likeness (QED) is 0.479. The van der Waals surface area contributed by atoms with Crippen LogP contribution in [0.25, 0.3) is 0 Å². The van der Waals surface area contributed by atoms with E-state index in [0.717, 1.165) is 10.0 Å². The smallest absolute Gasteiger partial charge is 0.242 e. The molecule has 1 unspecified atom stereocenters. The number of rotatable bonds is 10. The van der Waals surface area contributed by atoms with Crippen molar-refractivity contribution in [3.05, 3.63) is 64.6 Å². The number of hydrogen-bond donors (Lipinski definition) is 1. The number of nitrogens with one attached hydrogen (secondary N) is 1. The Balaban J connectivity index is 2.10. The summed E-state index contributed by atoms with van der Waals surface area (Å²) in [7, 11) is -2.12. The average Bonchev–Trinajstić information content (AvgIpc) is 2.76. The summed E-state index contributed by atoms with van der Waals surface area (Å²) in [5.74, 6) is -0.443. The van der Waals surface area contributed by atoms with Gasteiger partial charge in [-0.15, -0.1) is 0 Å². The fraction of sp³-hybridized carbons (Fsp3) is 0.440. The molecule has 0 heterocycles. The van der Waals surface area contributed by atoms with E-state index in [0.29, 0.717) is 6.42 Å². The van der Waals surface area contributed by atoms with E-state index in [1.165, 1.54) is 11.4 Å². The number of amides is 2. The lowest BCUT2D eigenvalue weighted by Crippen LogP contribution is -2.52. The van der Waals surface area contributed by atoms with Gasteiger partial charge >= 0.3 is 0 Å². The second-order valence-corrected chi connectivity index (χ2v) is 12.3. The summed E-state index contributed by atoms with van der Waals surface area (Å²) in [6, 6.07) is 15.1. The van der Waals surface area contributed by atoms with Gasteiger partial charge in [-0.25, -0.2) is 12.7 Å². The second-order valence-electron chi connectivity index (χ2n) is 9.31. The highest BCUT2D eigenvalue weighted by atomic mass is 79.9. The summed E-state index contributed by atoms with van der Waals surface area (Å²) < 4.78 is 27.6. The number of benzene rings is 2. The van der Waals surface area contributed by atoms with E-state index < -0.39 is 21.6 Å². The van der Waals surface area contributed by atoms with E-state index in [4.69, 9.17) is 0 Å². The van der Waals surface area contributed by atoms with Gasteiger partial charge in [0.05, 0.1) is 4.90 Å². The number of carbonyl (C=O) groups is 2. The average molecular weight is 553 g/mol. The molecular weight excluding hydrogens is 518 g/mol. The predicted octanol–water partition coefficient (Wildman–Crippen LogP) is 4.18. The van der Waals surface area contributed by atoms with Crippen LogP contribution in [0, 0.1) is 0 Å². The molecular formula is C25H34BrN3O4S. The molecule has 0 radical (unpaired) electrons.